The van der Waals surface area contributed by atoms with Crippen molar-refractivity contribution in [2.24, 2.45) is 0 Å². The Morgan fingerprint density at radius 3 is 2.95 bits per heavy atom. The summed E-state index contributed by atoms with van der Waals surface area (Å²) in [6.45, 7) is 1.94. The summed E-state index contributed by atoms with van der Waals surface area (Å²) in [7, 11) is -3.56. The number of aromatic amines is 1. The van der Waals surface area contributed by atoms with Crippen LogP contribution in [0.1, 0.15) is 11.4 Å². The number of sulfonamides is 1. The van der Waals surface area contributed by atoms with E-state index in [1.165, 1.54) is 6.20 Å². The van der Waals surface area contributed by atoms with E-state index in [-0.39, 0.29) is 17.7 Å². The van der Waals surface area contributed by atoms with Crippen molar-refractivity contribution in [3.63, 3.8) is 0 Å². The molecule has 0 saturated heterocycles. The molecule has 0 radical (unpaired) electrons. The molecule has 0 fully saturated rings. The predicted molar refractivity (Wildman–Crippen MR) is 73.1 cm³/mol. The third kappa shape index (κ3) is 2.54. The Balaban J connectivity index is 1.64. The van der Waals surface area contributed by atoms with Crippen molar-refractivity contribution in [3.05, 3.63) is 41.9 Å². The molecule has 0 amide bonds. The van der Waals surface area contributed by atoms with Gasteiger partial charge in [0.15, 0.2) is 5.03 Å². The largest absolute Gasteiger partial charge is 0.488 e. The molecule has 3 rings (SSSR count). The summed E-state index contributed by atoms with van der Waals surface area (Å²) in [6, 6.07) is 7.73. The topological polar surface area (TPSA) is 84.1 Å². The number of aromatic nitrogens is 2. The number of nitrogens with one attached hydrogen (secondary N) is 2. The maximum Gasteiger partial charge on any atom is 0.257 e. The van der Waals surface area contributed by atoms with E-state index in [9.17, 15) is 8.42 Å². The van der Waals surface area contributed by atoms with E-state index in [2.05, 4.69) is 14.7 Å². The predicted octanol–water partition coefficient (Wildman–Crippen LogP) is 1.00. The van der Waals surface area contributed by atoms with E-state index >= 15 is 0 Å². The van der Waals surface area contributed by atoms with Crippen molar-refractivity contribution in [3.8, 4) is 5.75 Å². The molecule has 106 valence electrons. The molecule has 1 aliphatic heterocycles. The third-order valence-electron chi connectivity index (χ3n) is 3.18. The fourth-order valence-corrected chi connectivity index (χ4v) is 3.22. The van der Waals surface area contributed by atoms with Gasteiger partial charge in [-0.2, -0.15) is 0 Å². The van der Waals surface area contributed by atoms with Crippen molar-refractivity contribution in [1.82, 2.24) is 14.7 Å². The SMILES string of the molecule is Cc1ncc(S(=O)(=O)NCC2Cc3ccccc3O2)[nH]1. The summed E-state index contributed by atoms with van der Waals surface area (Å²) in [6.07, 6.45) is 1.84. The van der Waals surface area contributed by atoms with E-state index in [0.717, 1.165) is 11.3 Å². The van der Waals surface area contributed by atoms with Crippen LogP contribution in [-0.4, -0.2) is 31.0 Å². The van der Waals surface area contributed by atoms with Crippen LogP contribution in [0.25, 0.3) is 0 Å². The lowest BCUT2D eigenvalue weighted by molar-refractivity contribution is 0.236. The van der Waals surface area contributed by atoms with Crippen LogP contribution in [0, 0.1) is 6.92 Å². The second-order valence-electron chi connectivity index (χ2n) is 4.74. The van der Waals surface area contributed by atoms with Gasteiger partial charge < -0.3 is 9.72 Å². The number of benzene rings is 1. The van der Waals surface area contributed by atoms with E-state index in [1.54, 1.807) is 6.92 Å². The quantitative estimate of drug-likeness (QED) is 0.881. The van der Waals surface area contributed by atoms with Crippen LogP contribution in [0.2, 0.25) is 0 Å². The van der Waals surface area contributed by atoms with Gasteiger partial charge in [0.05, 0.1) is 6.20 Å². The first-order chi connectivity index (χ1) is 9.54. The van der Waals surface area contributed by atoms with E-state index in [0.29, 0.717) is 12.2 Å². The Labute approximate surface area is 117 Å². The molecule has 1 aromatic carbocycles. The van der Waals surface area contributed by atoms with Gasteiger partial charge in [-0.1, -0.05) is 18.2 Å². The zero-order valence-electron chi connectivity index (χ0n) is 11.0. The molecule has 0 saturated carbocycles. The lowest BCUT2D eigenvalue weighted by atomic mass is 10.1. The molecule has 20 heavy (non-hydrogen) atoms. The zero-order chi connectivity index (χ0) is 14.2. The van der Waals surface area contributed by atoms with Gasteiger partial charge in [0.2, 0.25) is 0 Å². The first kappa shape index (κ1) is 13.1. The smallest absolute Gasteiger partial charge is 0.257 e. The minimum absolute atomic E-state index is 0.0745. The maximum atomic E-state index is 12.0. The lowest BCUT2D eigenvalue weighted by Gasteiger charge is -2.11. The van der Waals surface area contributed by atoms with Gasteiger partial charge >= 0.3 is 0 Å². The second-order valence-corrected chi connectivity index (χ2v) is 6.47. The zero-order valence-corrected chi connectivity index (χ0v) is 11.8. The van der Waals surface area contributed by atoms with Gasteiger partial charge in [-0.3, -0.25) is 0 Å². The first-order valence-corrected chi connectivity index (χ1v) is 7.79. The van der Waals surface area contributed by atoms with Gasteiger partial charge in [0.25, 0.3) is 10.0 Å². The van der Waals surface area contributed by atoms with Crippen LogP contribution >= 0.6 is 0 Å². The highest BCUT2D eigenvalue weighted by molar-refractivity contribution is 7.89. The Morgan fingerprint density at radius 1 is 1.45 bits per heavy atom. The number of rotatable bonds is 4. The van der Waals surface area contributed by atoms with Crippen molar-refractivity contribution in [1.29, 1.82) is 0 Å². The van der Waals surface area contributed by atoms with Gasteiger partial charge in [-0.15, -0.1) is 0 Å². The minimum atomic E-state index is -3.56. The number of para-hydroxylation sites is 1. The number of hydrogen-bond acceptors (Lipinski definition) is 4. The molecule has 6 nitrogen and oxygen atoms in total. The Morgan fingerprint density at radius 2 is 2.25 bits per heavy atom. The number of imidazole rings is 1. The Hall–Kier alpha value is -1.86. The molecule has 2 heterocycles. The molecule has 0 aliphatic carbocycles. The number of fused-ring (bicyclic) bond motifs is 1. The standard InChI is InChI=1S/C13H15N3O3S/c1-9-14-8-13(16-9)20(17,18)15-7-11-6-10-4-2-3-5-12(10)19-11/h2-5,8,11,15H,6-7H2,1H3,(H,14,16). The van der Waals surface area contributed by atoms with Gasteiger partial charge in [-0.05, 0) is 18.6 Å². The highest BCUT2D eigenvalue weighted by Gasteiger charge is 2.25. The maximum absolute atomic E-state index is 12.0. The van der Waals surface area contributed by atoms with Crippen molar-refractivity contribution in [2.45, 2.75) is 24.5 Å². The Kier molecular flexibility index (Phi) is 3.23. The fraction of sp³-hybridized carbons (Fsp3) is 0.308. The number of hydrogen-bond donors (Lipinski definition) is 2. The molecule has 2 aromatic rings. The molecule has 1 atom stereocenters. The summed E-state index contributed by atoms with van der Waals surface area (Å²) >= 11 is 0. The minimum Gasteiger partial charge on any atom is -0.488 e. The van der Waals surface area contributed by atoms with Gasteiger partial charge in [-0.25, -0.2) is 18.1 Å². The van der Waals surface area contributed by atoms with E-state index in [4.69, 9.17) is 4.74 Å². The molecule has 7 heteroatoms. The summed E-state index contributed by atoms with van der Waals surface area (Å²) in [5, 5.41) is 0.0745. The summed E-state index contributed by atoms with van der Waals surface area (Å²) in [4.78, 5) is 6.60. The summed E-state index contributed by atoms with van der Waals surface area (Å²) in [5.41, 5.74) is 1.11. The van der Waals surface area contributed by atoms with Crippen molar-refractivity contribution >= 4 is 10.0 Å². The molecular weight excluding hydrogens is 278 g/mol. The highest BCUT2D eigenvalue weighted by Crippen LogP contribution is 2.27. The number of aryl methyl sites for hydroxylation is 1. The van der Waals surface area contributed by atoms with E-state index < -0.39 is 10.0 Å². The number of ether oxygens (including phenoxy) is 1. The Bertz CT molecular complexity index is 699. The second kappa shape index (κ2) is 4.92. The molecule has 1 aromatic heterocycles. The first-order valence-electron chi connectivity index (χ1n) is 6.30. The van der Waals surface area contributed by atoms with Crippen molar-refractivity contribution in [2.75, 3.05) is 6.54 Å². The molecular formula is C13H15N3O3S. The molecule has 1 unspecified atom stereocenters. The molecule has 0 bridgehead atoms. The van der Waals surface area contributed by atoms with Crippen LogP contribution in [0.3, 0.4) is 0 Å². The van der Waals surface area contributed by atoms with Gasteiger partial charge in [0, 0.05) is 13.0 Å². The normalized spacial score (nSPS) is 17.8. The lowest BCUT2D eigenvalue weighted by Crippen LogP contribution is -2.34. The molecule has 2 N–H and O–H groups in total. The van der Waals surface area contributed by atoms with E-state index in [1.807, 2.05) is 24.3 Å². The van der Waals surface area contributed by atoms with Crippen LogP contribution < -0.4 is 9.46 Å². The number of nitrogens with zero attached hydrogens (tertiary/aromatic N) is 1. The molecule has 1 aliphatic rings. The highest BCUT2D eigenvalue weighted by atomic mass is 32.2. The van der Waals surface area contributed by atoms with Crippen molar-refractivity contribution < 1.29 is 13.2 Å². The average Bonchev–Trinajstić information content (AvgIpc) is 3.02. The van der Waals surface area contributed by atoms with Crippen LogP contribution in [0.5, 0.6) is 5.75 Å². The van der Waals surface area contributed by atoms with Gasteiger partial charge in [0.1, 0.15) is 17.7 Å². The summed E-state index contributed by atoms with van der Waals surface area (Å²) in [5.74, 6) is 1.39. The van der Waals surface area contributed by atoms with Crippen LogP contribution in [-0.2, 0) is 16.4 Å². The third-order valence-corrected chi connectivity index (χ3v) is 4.52. The summed E-state index contributed by atoms with van der Waals surface area (Å²) < 4.78 is 32.3. The number of H-pyrrole nitrogens is 1. The average molecular weight is 293 g/mol. The molecule has 0 spiro atoms. The van der Waals surface area contributed by atoms with Crippen LogP contribution in [0.15, 0.2) is 35.5 Å². The van der Waals surface area contributed by atoms with Crippen LogP contribution in [0.4, 0.5) is 0 Å². The monoisotopic (exact) mass is 293 g/mol. The fourth-order valence-electron chi connectivity index (χ4n) is 2.18.